The fourth-order valence-electron chi connectivity index (χ4n) is 4.29. The molecule has 2 unspecified atom stereocenters. The molecular formula is C24H32FNO2. The smallest absolute Gasteiger partial charge is 0.123 e. The normalized spacial score (nSPS) is 24.9. The van der Waals surface area contributed by atoms with Crippen LogP contribution in [0.3, 0.4) is 0 Å². The van der Waals surface area contributed by atoms with Gasteiger partial charge in [0.2, 0.25) is 0 Å². The Bertz CT molecular complexity index is 746. The molecule has 0 radical (unpaired) electrons. The zero-order valence-corrected chi connectivity index (χ0v) is 17.3. The van der Waals surface area contributed by atoms with E-state index in [-0.39, 0.29) is 16.8 Å². The summed E-state index contributed by atoms with van der Waals surface area (Å²) in [5.74, 6) is 0.696. The molecule has 2 aromatic rings. The minimum absolute atomic E-state index is 0.0882. The zero-order valence-electron chi connectivity index (χ0n) is 17.3. The third-order valence-corrected chi connectivity index (χ3v) is 6.22. The molecule has 152 valence electrons. The molecule has 1 saturated heterocycles. The fraction of sp³-hybridized carbons (Fsp3) is 0.500. The lowest BCUT2D eigenvalue weighted by atomic mass is 9.66. The van der Waals surface area contributed by atoms with Gasteiger partial charge in [0.15, 0.2) is 0 Å². The summed E-state index contributed by atoms with van der Waals surface area (Å²) in [7, 11) is 1.70. The van der Waals surface area contributed by atoms with Crippen molar-refractivity contribution in [2.24, 2.45) is 0 Å². The number of benzene rings is 2. The van der Waals surface area contributed by atoms with Crippen molar-refractivity contribution >= 4 is 0 Å². The summed E-state index contributed by atoms with van der Waals surface area (Å²) in [6.07, 6.45) is 4.08. The molecule has 0 spiro atoms. The van der Waals surface area contributed by atoms with Crippen molar-refractivity contribution < 1.29 is 13.9 Å². The van der Waals surface area contributed by atoms with Gasteiger partial charge < -0.3 is 14.8 Å². The first-order valence-corrected chi connectivity index (χ1v) is 10.2. The van der Waals surface area contributed by atoms with Crippen LogP contribution in [0.1, 0.15) is 50.7 Å². The van der Waals surface area contributed by atoms with Crippen molar-refractivity contribution in [3.05, 3.63) is 65.5 Å². The van der Waals surface area contributed by atoms with Gasteiger partial charge in [-0.25, -0.2) is 4.39 Å². The molecule has 2 atom stereocenters. The van der Waals surface area contributed by atoms with Crippen LogP contribution in [0, 0.1) is 5.82 Å². The Hall–Kier alpha value is -1.91. The highest BCUT2D eigenvalue weighted by Crippen LogP contribution is 2.45. The first-order valence-electron chi connectivity index (χ1n) is 10.2. The summed E-state index contributed by atoms with van der Waals surface area (Å²) < 4.78 is 24.6. The van der Waals surface area contributed by atoms with Crippen molar-refractivity contribution in [3.63, 3.8) is 0 Å². The maximum absolute atomic E-state index is 13.1. The van der Waals surface area contributed by atoms with E-state index >= 15 is 0 Å². The summed E-state index contributed by atoms with van der Waals surface area (Å²) in [6, 6.07) is 15.2. The number of hydrogen-bond acceptors (Lipinski definition) is 3. The summed E-state index contributed by atoms with van der Waals surface area (Å²) in [5, 5.41) is 3.54. The van der Waals surface area contributed by atoms with Gasteiger partial charge in [0.1, 0.15) is 11.6 Å². The lowest BCUT2D eigenvalue weighted by Crippen LogP contribution is -2.46. The van der Waals surface area contributed by atoms with Crippen LogP contribution >= 0.6 is 0 Å². The molecule has 0 amide bonds. The molecule has 4 heteroatoms. The van der Waals surface area contributed by atoms with E-state index in [0.29, 0.717) is 0 Å². The van der Waals surface area contributed by atoms with Crippen molar-refractivity contribution in [3.8, 4) is 5.75 Å². The van der Waals surface area contributed by atoms with Gasteiger partial charge in [-0.05, 0) is 74.5 Å². The Morgan fingerprint density at radius 1 is 1.11 bits per heavy atom. The predicted molar refractivity (Wildman–Crippen MR) is 111 cm³/mol. The van der Waals surface area contributed by atoms with Crippen molar-refractivity contribution in [1.29, 1.82) is 0 Å². The minimum Gasteiger partial charge on any atom is -0.497 e. The molecule has 0 bridgehead atoms. The molecule has 3 rings (SSSR count). The number of methoxy groups -OCH3 is 1. The molecule has 3 nitrogen and oxygen atoms in total. The lowest BCUT2D eigenvalue weighted by molar-refractivity contribution is -0.0979. The Balaban J connectivity index is 1.71. The highest BCUT2D eigenvalue weighted by atomic mass is 19.1. The van der Waals surface area contributed by atoms with Gasteiger partial charge in [0.05, 0.1) is 12.7 Å². The van der Waals surface area contributed by atoms with Crippen molar-refractivity contribution in [2.75, 3.05) is 20.3 Å². The summed E-state index contributed by atoms with van der Waals surface area (Å²) in [5.41, 5.74) is 2.46. The first kappa shape index (κ1) is 20.8. The minimum atomic E-state index is -0.191. The second kappa shape index (κ2) is 9.06. The van der Waals surface area contributed by atoms with E-state index in [9.17, 15) is 4.39 Å². The topological polar surface area (TPSA) is 30.5 Å². The number of hydrogen-bond donors (Lipinski definition) is 1. The van der Waals surface area contributed by atoms with Gasteiger partial charge in [-0.15, -0.1) is 0 Å². The quantitative estimate of drug-likeness (QED) is 0.631. The monoisotopic (exact) mass is 385 g/mol. The highest BCUT2D eigenvalue weighted by molar-refractivity contribution is 5.33. The number of halogens is 1. The van der Waals surface area contributed by atoms with Gasteiger partial charge in [0.25, 0.3) is 0 Å². The standard InChI is InChI=1S/C24H32FNO2/c1-4-23(2)18-24(14-16-28-23,20-7-11-22(27-3)12-8-20)13-15-26-17-19-5-9-21(25)10-6-19/h5-12,26H,4,13-18H2,1-3H3. The molecule has 0 aromatic heterocycles. The van der Waals surface area contributed by atoms with Gasteiger partial charge in [0, 0.05) is 18.6 Å². The lowest BCUT2D eigenvalue weighted by Gasteiger charge is -2.47. The highest BCUT2D eigenvalue weighted by Gasteiger charge is 2.43. The predicted octanol–water partition coefficient (Wildman–Crippen LogP) is 5.23. The van der Waals surface area contributed by atoms with E-state index in [1.54, 1.807) is 7.11 Å². The van der Waals surface area contributed by atoms with Crippen molar-refractivity contribution in [1.82, 2.24) is 5.32 Å². The molecular weight excluding hydrogens is 353 g/mol. The second-order valence-electron chi connectivity index (χ2n) is 8.14. The van der Waals surface area contributed by atoms with Gasteiger partial charge >= 0.3 is 0 Å². The fourth-order valence-corrected chi connectivity index (χ4v) is 4.29. The SMILES string of the molecule is CCC1(C)CC(CCNCc2ccc(F)cc2)(c2ccc(OC)cc2)CCO1. The van der Waals surface area contributed by atoms with Crippen LogP contribution in [-0.2, 0) is 16.7 Å². The summed E-state index contributed by atoms with van der Waals surface area (Å²) in [6.45, 7) is 6.88. The van der Waals surface area contributed by atoms with Crippen LogP contribution < -0.4 is 10.1 Å². The van der Waals surface area contributed by atoms with E-state index in [2.05, 4.69) is 43.4 Å². The van der Waals surface area contributed by atoms with E-state index in [0.717, 1.165) is 56.7 Å². The van der Waals surface area contributed by atoms with Crippen LogP contribution in [0.15, 0.2) is 48.5 Å². The van der Waals surface area contributed by atoms with Crippen LogP contribution in [0.25, 0.3) is 0 Å². The Morgan fingerprint density at radius 3 is 2.46 bits per heavy atom. The number of ether oxygens (including phenoxy) is 2. The molecule has 1 N–H and O–H groups in total. The first-order chi connectivity index (χ1) is 13.5. The third kappa shape index (κ3) is 4.92. The molecule has 0 aliphatic carbocycles. The van der Waals surface area contributed by atoms with Gasteiger partial charge in [-0.3, -0.25) is 0 Å². The molecule has 1 aliphatic heterocycles. The van der Waals surface area contributed by atoms with Crippen LogP contribution in [-0.4, -0.2) is 25.9 Å². The summed E-state index contributed by atoms with van der Waals surface area (Å²) in [4.78, 5) is 0. The molecule has 1 fully saturated rings. The summed E-state index contributed by atoms with van der Waals surface area (Å²) >= 11 is 0. The van der Waals surface area contributed by atoms with Crippen LogP contribution in [0.2, 0.25) is 0 Å². The Morgan fingerprint density at radius 2 is 1.82 bits per heavy atom. The van der Waals surface area contributed by atoms with E-state index in [4.69, 9.17) is 9.47 Å². The van der Waals surface area contributed by atoms with Crippen molar-refractivity contribution in [2.45, 2.75) is 57.1 Å². The third-order valence-electron chi connectivity index (χ3n) is 6.22. The molecule has 2 aromatic carbocycles. The number of nitrogens with one attached hydrogen (secondary N) is 1. The second-order valence-corrected chi connectivity index (χ2v) is 8.14. The van der Waals surface area contributed by atoms with Crippen LogP contribution in [0.4, 0.5) is 4.39 Å². The maximum Gasteiger partial charge on any atom is 0.123 e. The Labute approximate surface area is 168 Å². The van der Waals surface area contributed by atoms with Gasteiger partial charge in [-0.1, -0.05) is 31.2 Å². The van der Waals surface area contributed by atoms with Crippen LogP contribution in [0.5, 0.6) is 5.75 Å². The zero-order chi connectivity index (χ0) is 20.0. The molecule has 0 saturated carbocycles. The average Bonchev–Trinajstić information content (AvgIpc) is 2.73. The Kier molecular flexibility index (Phi) is 6.73. The van der Waals surface area contributed by atoms with E-state index in [1.807, 2.05) is 12.1 Å². The van der Waals surface area contributed by atoms with E-state index in [1.165, 1.54) is 17.7 Å². The molecule has 1 heterocycles. The number of rotatable bonds is 8. The molecule has 28 heavy (non-hydrogen) atoms. The van der Waals surface area contributed by atoms with Gasteiger partial charge in [-0.2, -0.15) is 0 Å². The largest absolute Gasteiger partial charge is 0.497 e. The average molecular weight is 386 g/mol. The molecule has 1 aliphatic rings. The van der Waals surface area contributed by atoms with E-state index < -0.39 is 0 Å². The maximum atomic E-state index is 13.1.